The second-order valence-corrected chi connectivity index (χ2v) is 5.88. The molecule has 0 aliphatic heterocycles. The Labute approximate surface area is 106 Å². The first-order valence-corrected chi connectivity index (χ1v) is 6.69. The van der Waals surface area contributed by atoms with Crippen LogP contribution in [0.3, 0.4) is 0 Å². The third-order valence-electron chi connectivity index (χ3n) is 2.30. The maximum absolute atomic E-state index is 12.0. The topological polar surface area (TPSA) is 92.5 Å². The molecule has 0 aliphatic carbocycles. The van der Waals surface area contributed by atoms with Gasteiger partial charge in [-0.1, -0.05) is 0 Å². The van der Waals surface area contributed by atoms with Crippen molar-refractivity contribution < 1.29 is 13.3 Å². The molecule has 8 heteroatoms. The Balaban J connectivity index is 3.41. The van der Waals surface area contributed by atoms with E-state index in [0.717, 1.165) is 4.31 Å². The predicted octanol–water partition coefficient (Wildman–Crippen LogP) is 1.28. The van der Waals surface area contributed by atoms with Gasteiger partial charge in [0.15, 0.2) is 0 Å². The molecule has 18 heavy (non-hydrogen) atoms. The number of nitro groups is 1. The van der Waals surface area contributed by atoms with Crippen molar-refractivity contribution in [1.82, 2.24) is 4.31 Å². The fourth-order valence-electron chi connectivity index (χ4n) is 1.38. The van der Waals surface area contributed by atoms with E-state index in [1.54, 1.807) is 6.92 Å². The second kappa shape index (κ2) is 5.32. The minimum absolute atomic E-state index is 0.0277. The van der Waals surface area contributed by atoms with Gasteiger partial charge in [-0.2, -0.15) is 0 Å². The zero-order valence-electron chi connectivity index (χ0n) is 10.4. The van der Waals surface area contributed by atoms with Gasteiger partial charge in [-0.3, -0.25) is 10.1 Å². The van der Waals surface area contributed by atoms with Gasteiger partial charge in [0.2, 0.25) is 10.0 Å². The zero-order chi connectivity index (χ0) is 13.9. The maximum Gasteiger partial charge on any atom is 0.271 e. The fraction of sp³-hybridized carbons (Fsp3) is 0.400. The molecule has 100 valence electrons. The molecule has 1 N–H and O–H groups in total. The first kappa shape index (κ1) is 14.4. The highest BCUT2D eigenvalue weighted by Crippen LogP contribution is 2.27. The highest BCUT2D eigenvalue weighted by atomic mass is 32.2. The van der Waals surface area contributed by atoms with Gasteiger partial charge in [0, 0.05) is 32.8 Å². The minimum Gasteiger partial charge on any atom is -0.384 e. The Morgan fingerprint density at radius 1 is 1.39 bits per heavy atom. The molecule has 1 aromatic rings. The molecule has 0 fully saturated rings. The molecule has 0 heterocycles. The van der Waals surface area contributed by atoms with Crippen molar-refractivity contribution in [2.45, 2.75) is 11.8 Å². The van der Waals surface area contributed by atoms with E-state index in [9.17, 15) is 18.5 Å². The van der Waals surface area contributed by atoms with Crippen molar-refractivity contribution in [3.8, 4) is 0 Å². The summed E-state index contributed by atoms with van der Waals surface area (Å²) in [4.78, 5) is 10.1. The third kappa shape index (κ3) is 2.77. The molecule has 0 atom stereocenters. The monoisotopic (exact) mass is 273 g/mol. The predicted molar refractivity (Wildman–Crippen MR) is 68.1 cm³/mol. The van der Waals surface area contributed by atoms with Crippen molar-refractivity contribution in [3.63, 3.8) is 0 Å². The molecule has 0 aromatic heterocycles. The van der Waals surface area contributed by atoms with Crippen molar-refractivity contribution in [2.75, 3.05) is 26.0 Å². The number of anilines is 1. The van der Waals surface area contributed by atoms with Crippen LogP contribution in [0.5, 0.6) is 0 Å². The van der Waals surface area contributed by atoms with Crippen LogP contribution in [0.4, 0.5) is 11.4 Å². The summed E-state index contributed by atoms with van der Waals surface area (Å²) < 4.78 is 25.1. The van der Waals surface area contributed by atoms with Crippen LogP contribution in [-0.4, -0.2) is 38.3 Å². The van der Waals surface area contributed by atoms with Crippen LogP contribution in [0.2, 0.25) is 0 Å². The van der Waals surface area contributed by atoms with E-state index in [1.807, 2.05) is 0 Å². The minimum atomic E-state index is -3.62. The summed E-state index contributed by atoms with van der Waals surface area (Å²) in [5.74, 6) is 0. The molecule has 0 saturated carbocycles. The summed E-state index contributed by atoms with van der Waals surface area (Å²) in [5, 5.41) is 13.5. The molecule has 1 rings (SSSR count). The van der Waals surface area contributed by atoms with Gasteiger partial charge in [-0.15, -0.1) is 0 Å². The van der Waals surface area contributed by atoms with Gasteiger partial charge in [-0.25, -0.2) is 12.7 Å². The molecule has 0 aliphatic rings. The molecule has 0 spiro atoms. The number of sulfonamides is 1. The lowest BCUT2D eigenvalue weighted by Gasteiger charge is -2.15. The number of hydrogen-bond acceptors (Lipinski definition) is 5. The molecule has 0 saturated heterocycles. The molecule has 7 nitrogen and oxygen atoms in total. The van der Waals surface area contributed by atoms with E-state index < -0.39 is 14.9 Å². The SMILES string of the molecule is CCNc1cc([N+](=O)[O-])ccc1S(=O)(=O)N(C)C. The van der Waals surface area contributed by atoms with Crippen molar-refractivity contribution in [3.05, 3.63) is 28.3 Å². The highest BCUT2D eigenvalue weighted by molar-refractivity contribution is 7.89. The third-order valence-corrected chi connectivity index (χ3v) is 4.17. The fourth-order valence-corrected chi connectivity index (χ4v) is 2.42. The number of non-ortho nitro benzene ring substituents is 1. The molecule has 0 radical (unpaired) electrons. The summed E-state index contributed by atoms with van der Waals surface area (Å²) in [6.07, 6.45) is 0. The maximum atomic E-state index is 12.0. The zero-order valence-corrected chi connectivity index (χ0v) is 11.2. The van der Waals surface area contributed by atoms with Crippen LogP contribution in [-0.2, 0) is 10.0 Å². The van der Waals surface area contributed by atoms with Crippen LogP contribution < -0.4 is 5.32 Å². The summed E-state index contributed by atoms with van der Waals surface area (Å²) in [5.41, 5.74) is 0.0871. The lowest BCUT2D eigenvalue weighted by molar-refractivity contribution is -0.384. The summed E-state index contributed by atoms with van der Waals surface area (Å²) in [6, 6.07) is 3.64. The standard InChI is InChI=1S/C10H15N3O4S/c1-4-11-9-7-8(13(14)15)5-6-10(9)18(16,17)12(2)3/h5-7,11H,4H2,1-3H3. The summed E-state index contributed by atoms with van der Waals surface area (Å²) >= 11 is 0. The number of rotatable bonds is 5. The van der Waals surface area contributed by atoms with E-state index >= 15 is 0 Å². The van der Waals surface area contributed by atoms with E-state index in [-0.39, 0.29) is 16.3 Å². The number of nitrogens with zero attached hydrogens (tertiary/aromatic N) is 2. The van der Waals surface area contributed by atoms with Gasteiger partial charge in [-0.05, 0) is 13.0 Å². The lowest BCUT2D eigenvalue weighted by atomic mass is 10.3. The van der Waals surface area contributed by atoms with Gasteiger partial charge in [0.1, 0.15) is 4.90 Å². The average molecular weight is 273 g/mol. The normalized spacial score (nSPS) is 11.6. The quantitative estimate of drug-likeness (QED) is 0.644. The van der Waals surface area contributed by atoms with Gasteiger partial charge < -0.3 is 5.32 Å². The number of benzene rings is 1. The molecule has 1 aromatic carbocycles. The number of nitro benzene ring substituents is 1. The largest absolute Gasteiger partial charge is 0.384 e. The summed E-state index contributed by atoms with van der Waals surface area (Å²) in [7, 11) is -0.806. The van der Waals surface area contributed by atoms with Crippen LogP contribution in [0.1, 0.15) is 6.92 Å². The first-order chi connectivity index (χ1) is 8.30. The Hall–Kier alpha value is -1.67. The van der Waals surface area contributed by atoms with Crippen LogP contribution in [0.15, 0.2) is 23.1 Å². The van der Waals surface area contributed by atoms with E-state index in [2.05, 4.69) is 5.32 Å². The molecular weight excluding hydrogens is 258 g/mol. The van der Waals surface area contributed by atoms with Crippen molar-refractivity contribution in [2.24, 2.45) is 0 Å². The second-order valence-electron chi connectivity index (χ2n) is 3.76. The van der Waals surface area contributed by atoms with Gasteiger partial charge >= 0.3 is 0 Å². The van der Waals surface area contributed by atoms with Crippen molar-refractivity contribution >= 4 is 21.4 Å². The Morgan fingerprint density at radius 3 is 2.44 bits per heavy atom. The number of hydrogen-bond donors (Lipinski definition) is 1. The van der Waals surface area contributed by atoms with Crippen molar-refractivity contribution in [1.29, 1.82) is 0 Å². The van der Waals surface area contributed by atoms with E-state index in [0.29, 0.717) is 6.54 Å². The Kier molecular flexibility index (Phi) is 4.25. The Morgan fingerprint density at radius 2 is 2.00 bits per heavy atom. The van der Waals surface area contributed by atoms with Gasteiger partial charge in [0.25, 0.3) is 5.69 Å². The van der Waals surface area contributed by atoms with Crippen LogP contribution in [0, 0.1) is 10.1 Å². The number of nitrogens with one attached hydrogen (secondary N) is 1. The molecule has 0 unspecified atom stereocenters. The molecular formula is C10H15N3O4S. The molecule has 0 bridgehead atoms. The smallest absolute Gasteiger partial charge is 0.271 e. The Bertz CT molecular complexity index is 554. The summed E-state index contributed by atoms with van der Waals surface area (Å²) in [6.45, 7) is 2.25. The average Bonchev–Trinajstić information content (AvgIpc) is 2.28. The van der Waals surface area contributed by atoms with Crippen LogP contribution >= 0.6 is 0 Å². The van der Waals surface area contributed by atoms with E-state index in [1.165, 1.54) is 32.3 Å². The molecule has 0 amide bonds. The van der Waals surface area contributed by atoms with Gasteiger partial charge in [0.05, 0.1) is 10.6 Å². The lowest BCUT2D eigenvalue weighted by Crippen LogP contribution is -2.23. The first-order valence-electron chi connectivity index (χ1n) is 5.25. The van der Waals surface area contributed by atoms with E-state index in [4.69, 9.17) is 0 Å². The highest BCUT2D eigenvalue weighted by Gasteiger charge is 2.23. The van der Waals surface area contributed by atoms with Crippen LogP contribution in [0.25, 0.3) is 0 Å².